The van der Waals surface area contributed by atoms with Gasteiger partial charge in [0, 0.05) is 11.3 Å². The zero-order chi connectivity index (χ0) is 9.14. The van der Waals surface area contributed by atoms with E-state index in [2.05, 4.69) is 13.8 Å². The molecule has 2 heteroatoms. The molecule has 0 aliphatic heterocycles. The molecule has 0 heterocycles. The maximum Gasteiger partial charge on any atom is 0.151 e. The second-order valence-corrected chi connectivity index (χ2v) is 3.28. The molecule has 1 aliphatic carbocycles. The molecule has 2 nitrogen and oxygen atoms in total. The molecule has 1 atom stereocenters. The summed E-state index contributed by atoms with van der Waals surface area (Å²) >= 11 is 0. The summed E-state index contributed by atoms with van der Waals surface area (Å²) in [6.07, 6.45) is 4.60. The molecule has 0 spiro atoms. The molecule has 0 saturated heterocycles. The van der Waals surface area contributed by atoms with Crippen LogP contribution in [0.1, 0.15) is 26.7 Å². The van der Waals surface area contributed by atoms with Gasteiger partial charge in [-0.3, -0.25) is 4.79 Å². The number of carbonyl (C=O) groups excluding carboxylic acids is 1. The highest BCUT2D eigenvalue weighted by Crippen LogP contribution is 2.27. The summed E-state index contributed by atoms with van der Waals surface area (Å²) in [5, 5.41) is 0. The van der Waals surface area contributed by atoms with E-state index in [1.165, 1.54) is 5.57 Å². The minimum Gasteiger partial charge on any atom is -0.401 e. The smallest absolute Gasteiger partial charge is 0.151 e. The Morgan fingerprint density at radius 1 is 1.75 bits per heavy atom. The predicted molar refractivity (Wildman–Crippen MR) is 49.4 cm³/mol. The highest BCUT2D eigenvalue weighted by atomic mass is 16.1. The van der Waals surface area contributed by atoms with Crippen LogP contribution in [0.2, 0.25) is 0 Å². The van der Waals surface area contributed by atoms with Crippen molar-refractivity contribution in [3.05, 3.63) is 22.9 Å². The van der Waals surface area contributed by atoms with Crippen LogP contribution in [0, 0.1) is 5.92 Å². The Bertz CT molecular complexity index is 251. The zero-order valence-electron chi connectivity index (χ0n) is 7.63. The summed E-state index contributed by atoms with van der Waals surface area (Å²) in [5.74, 6) is 0.499. The van der Waals surface area contributed by atoms with Crippen molar-refractivity contribution in [1.82, 2.24) is 0 Å². The summed E-state index contributed by atoms with van der Waals surface area (Å²) in [4.78, 5) is 10.6. The fraction of sp³-hybridized carbons (Fsp3) is 0.500. The number of carbonyl (C=O) groups is 1. The molecule has 1 rings (SSSR count). The van der Waals surface area contributed by atoms with Crippen LogP contribution in [0.4, 0.5) is 0 Å². The monoisotopic (exact) mass is 165 g/mol. The van der Waals surface area contributed by atoms with Gasteiger partial charge in [-0.05, 0) is 18.8 Å². The van der Waals surface area contributed by atoms with Gasteiger partial charge in [-0.2, -0.15) is 0 Å². The molecule has 1 unspecified atom stereocenters. The average Bonchev–Trinajstić information content (AvgIpc) is 2.05. The third-order valence-corrected chi connectivity index (χ3v) is 2.41. The maximum absolute atomic E-state index is 10.6. The van der Waals surface area contributed by atoms with Gasteiger partial charge in [-0.1, -0.05) is 25.5 Å². The van der Waals surface area contributed by atoms with Crippen LogP contribution in [-0.2, 0) is 4.79 Å². The highest BCUT2D eigenvalue weighted by Gasteiger charge is 2.16. The van der Waals surface area contributed by atoms with Crippen molar-refractivity contribution in [1.29, 1.82) is 0 Å². The van der Waals surface area contributed by atoms with Gasteiger partial charge >= 0.3 is 0 Å². The lowest BCUT2D eigenvalue weighted by molar-refractivity contribution is -0.104. The number of hydrogen-bond acceptors (Lipinski definition) is 2. The SMILES string of the molecule is CCC1=CC(C=O)=C(N)CC1C. The van der Waals surface area contributed by atoms with Crippen molar-refractivity contribution in [3.8, 4) is 0 Å². The van der Waals surface area contributed by atoms with Crippen LogP contribution in [0.25, 0.3) is 0 Å². The Labute approximate surface area is 73.1 Å². The molecular weight excluding hydrogens is 150 g/mol. The zero-order valence-corrected chi connectivity index (χ0v) is 7.63. The van der Waals surface area contributed by atoms with Crippen LogP contribution in [0.5, 0.6) is 0 Å². The summed E-state index contributed by atoms with van der Waals surface area (Å²) in [6.45, 7) is 4.25. The molecule has 0 aromatic heterocycles. The molecule has 1 aliphatic rings. The van der Waals surface area contributed by atoms with Gasteiger partial charge in [-0.15, -0.1) is 0 Å². The quantitative estimate of drug-likeness (QED) is 0.634. The van der Waals surface area contributed by atoms with Gasteiger partial charge in [0.05, 0.1) is 0 Å². The van der Waals surface area contributed by atoms with E-state index in [-0.39, 0.29) is 0 Å². The fourth-order valence-corrected chi connectivity index (χ4v) is 1.57. The van der Waals surface area contributed by atoms with Crippen molar-refractivity contribution in [2.75, 3.05) is 0 Å². The minimum absolute atomic E-state index is 0.499. The molecule has 66 valence electrons. The Hall–Kier alpha value is -1.05. The van der Waals surface area contributed by atoms with Crippen molar-refractivity contribution < 1.29 is 4.79 Å². The Morgan fingerprint density at radius 3 is 2.92 bits per heavy atom. The summed E-state index contributed by atoms with van der Waals surface area (Å²) in [6, 6.07) is 0. The van der Waals surface area contributed by atoms with Crippen LogP contribution >= 0.6 is 0 Å². The second kappa shape index (κ2) is 3.57. The third-order valence-electron chi connectivity index (χ3n) is 2.41. The molecule has 0 fully saturated rings. The number of rotatable bonds is 2. The minimum atomic E-state index is 0.499. The molecule has 0 aromatic carbocycles. The van der Waals surface area contributed by atoms with Crippen molar-refractivity contribution >= 4 is 6.29 Å². The van der Waals surface area contributed by atoms with E-state index in [9.17, 15) is 4.79 Å². The standard InChI is InChI=1S/C10H15NO/c1-3-8-5-9(6-12)10(11)4-7(8)2/h5-7H,3-4,11H2,1-2H3. The first kappa shape index (κ1) is 9.04. The lowest BCUT2D eigenvalue weighted by atomic mass is 9.87. The summed E-state index contributed by atoms with van der Waals surface area (Å²) in [5.41, 5.74) is 8.43. The summed E-state index contributed by atoms with van der Waals surface area (Å²) in [7, 11) is 0. The first-order chi connectivity index (χ1) is 5.69. The predicted octanol–water partition coefficient (Wildman–Crippen LogP) is 1.77. The van der Waals surface area contributed by atoms with Crippen LogP contribution in [0.15, 0.2) is 22.9 Å². The fourth-order valence-electron chi connectivity index (χ4n) is 1.57. The van der Waals surface area contributed by atoms with E-state index in [1.807, 2.05) is 6.08 Å². The lowest BCUT2D eigenvalue weighted by Gasteiger charge is -2.20. The number of nitrogens with two attached hydrogens (primary N) is 1. The normalized spacial score (nSPS) is 23.8. The van der Waals surface area contributed by atoms with Crippen molar-refractivity contribution in [2.45, 2.75) is 26.7 Å². The number of allylic oxidation sites excluding steroid dienone is 4. The molecule has 0 saturated carbocycles. The van der Waals surface area contributed by atoms with Crippen LogP contribution in [-0.4, -0.2) is 6.29 Å². The molecule has 0 radical (unpaired) electrons. The van der Waals surface area contributed by atoms with Crippen molar-refractivity contribution in [3.63, 3.8) is 0 Å². The molecule has 0 amide bonds. The van der Waals surface area contributed by atoms with Crippen LogP contribution < -0.4 is 5.73 Å². The first-order valence-electron chi connectivity index (χ1n) is 4.33. The molecule has 0 aromatic rings. The topological polar surface area (TPSA) is 43.1 Å². The lowest BCUT2D eigenvalue weighted by Crippen LogP contribution is -2.14. The highest BCUT2D eigenvalue weighted by molar-refractivity contribution is 5.79. The molecule has 12 heavy (non-hydrogen) atoms. The van der Waals surface area contributed by atoms with E-state index in [4.69, 9.17) is 5.73 Å². The van der Waals surface area contributed by atoms with Gasteiger partial charge in [-0.25, -0.2) is 0 Å². The first-order valence-corrected chi connectivity index (χ1v) is 4.33. The number of aldehydes is 1. The van der Waals surface area contributed by atoms with Gasteiger partial charge in [0.25, 0.3) is 0 Å². The van der Waals surface area contributed by atoms with Gasteiger partial charge < -0.3 is 5.73 Å². The van der Waals surface area contributed by atoms with Crippen LogP contribution in [0.3, 0.4) is 0 Å². The van der Waals surface area contributed by atoms with E-state index in [0.717, 1.165) is 24.8 Å². The third kappa shape index (κ3) is 1.58. The largest absolute Gasteiger partial charge is 0.401 e. The Kier molecular flexibility index (Phi) is 2.69. The van der Waals surface area contributed by atoms with E-state index in [1.54, 1.807) is 0 Å². The van der Waals surface area contributed by atoms with Gasteiger partial charge in [0.1, 0.15) is 0 Å². The molecule has 2 N–H and O–H groups in total. The second-order valence-electron chi connectivity index (χ2n) is 3.28. The average molecular weight is 165 g/mol. The van der Waals surface area contributed by atoms with Gasteiger partial charge in [0.2, 0.25) is 0 Å². The van der Waals surface area contributed by atoms with Gasteiger partial charge in [0.15, 0.2) is 6.29 Å². The van der Waals surface area contributed by atoms with E-state index in [0.29, 0.717) is 11.5 Å². The number of hydrogen-bond donors (Lipinski definition) is 1. The van der Waals surface area contributed by atoms with E-state index >= 15 is 0 Å². The molecule has 0 bridgehead atoms. The molecular formula is C10H15NO. The maximum atomic E-state index is 10.6. The van der Waals surface area contributed by atoms with Crippen molar-refractivity contribution in [2.24, 2.45) is 11.7 Å². The Balaban J connectivity index is 2.95. The summed E-state index contributed by atoms with van der Waals surface area (Å²) < 4.78 is 0. The Morgan fingerprint density at radius 2 is 2.42 bits per heavy atom. The van der Waals surface area contributed by atoms with E-state index < -0.39 is 0 Å².